The van der Waals surface area contributed by atoms with E-state index < -0.39 is 0 Å². The summed E-state index contributed by atoms with van der Waals surface area (Å²) < 4.78 is 0. The molecule has 126 valence electrons. The van der Waals surface area contributed by atoms with Gasteiger partial charge < -0.3 is 10.2 Å². The fraction of sp³-hybridized carbons (Fsp3) is 0.529. The summed E-state index contributed by atoms with van der Waals surface area (Å²) in [5.41, 5.74) is 1.15. The lowest BCUT2D eigenvalue weighted by molar-refractivity contribution is -0.131. The zero-order valence-corrected chi connectivity index (χ0v) is 14.8. The Bertz CT molecular complexity index is 522. The first-order chi connectivity index (χ1) is 11.1. The Kier molecular flexibility index (Phi) is 7.76. The Hall–Kier alpha value is -1.20. The van der Waals surface area contributed by atoms with Crippen LogP contribution in [0.2, 0.25) is 5.02 Å². The van der Waals surface area contributed by atoms with Gasteiger partial charge >= 0.3 is 0 Å². The van der Waals surface area contributed by atoms with E-state index in [1.165, 1.54) is 0 Å². The monoisotopic (exact) mass is 354 g/mol. The molecule has 1 aliphatic heterocycles. The molecule has 1 heterocycles. The molecule has 2 amide bonds. The molecule has 1 aromatic rings. The first-order valence-electron chi connectivity index (χ1n) is 8.02. The normalized spacial score (nSPS) is 15.3. The van der Waals surface area contributed by atoms with Gasteiger partial charge in [0, 0.05) is 36.8 Å². The summed E-state index contributed by atoms with van der Waals surface area (Å²) in [4.78, 5) is 25.5. The maximum atomic E-state index is 11.8. The van der Waals surface area contributed by atoms with E-state index in [1.54, 1.807) is 11.8 Å². The Balaban J connectivity index is 1.59. The second-order valence-electron chi connectivity index (χ2n) is 5.66. The average Bonchev–Trinajstić information content (AvgIpc) is 2.74. The van der Waals surface area contributed by atoms with Crippen molar-refractivity contribution in [2.24, 2.45) is 0 Å². The Morgan fingerprint density at radius 3 is 2.78 bits per heavy atom. The van der Waals surface area contributed by atoms with E-state index in [-0.39, 0.29) is 11.8 Å². The number of amides is 2. The van der Waals surface area contributed by atoms with Gasteiger partial charge in [-0.25, -0.2) is 0 Å². The first-order valence-corrected chi connectivity index (χ1v) is 9.55. The quantitative estimate of drug-likeness (QED) is 0.818. The van der Waals surface area contributed by atoms with Gasteiger partial charge in [-0.05, 0) is 30.5 Å². The van der Waals surface area contributed by atoms with E-state index in [2.05, 4.69) is 5.32 Å². The lowest BCUT2D eigenvalue weighted by Gasteiger charge is -2.20. The van der Waals surface area contributed by atoms with Crippen LogP contribution in [-0.4, -0.2) is 42.1 Å². The molecular weight excluding hydrogens is 332 g/mol. The maximum absolute atomic E-state index is 11.8. The number of nitrogens with one attached hydrogen (secondary N) is 1. The van der Waals surface area contributed by atoms with Crippen LogP contribution in [0, 0.1) is 0 Å². The summed E-state index contributed by atoms with van der Waals surface area (Å²) >= 11 is 7.41. The number of likely N-dealkylation sites (tertiary alicyclic amines) is 1. The average molecular weight is 355 g/mol. The van der Waals surface area contributed by atoms with Gasteiger partial charge in [0.2, 0.25) is 11.8 Å². The number of benzene rings is 1. The van der Waals surface area contributed by atoms with Crippen LogP contribution in [0.1, 0.15) is 31.2 Å². The van der Waals surface area contributed by atoms with Crippen LogP contribution in [0.3, 0.4) is 0 Å². The van der Waals surface area contributed by atoms with E-state index in [9.17, 15) is 9.59 Å². The molecule has 0 unspecified atom stereocenters. The molecule has 4 nitrogen and oxygen atoms in total. The van der Waals surface area contributed by atoms with Crippen LogP contribution in [0.5, 0.6) is 0 Å². The van der Waals surface area contributed by atoms with E-state index in [4.69, 9.17) is 11.6 Å². The van der Waals surface area contributed by atoms with Crippen molar-refractivity contribution >= 4 is 35.2 Å². The van der Waals surface area contributed by atoms with Gasteiger partial charge in [-0.15, -0.1) is 11.8 Å². The minimum absolute atomic E-state index is 0.0197. The number of rotatable bonds is 7. The maximum Gasteiger partial charge on any atom is 0.230 e. The number of hydrogen-bond donors (Lipinski definition) is 1. The number of hydrogen-bond acceptors (Lipinski definition) is 3. The highest BCUT2D eigenvalue weighted by Gasteiger charge is 2.15. The third-order valence-electron chi connectivity index (χ3n) is 3.79. The highest BCUT2D eigenvalue weighted by atomic mass is 35.5. The van der Waals surface area contributed by atoms with Crippen LogP contribution in [0.25, 0.3) is 0 Å². The minimum atomic E-state index is 0.0197. The van der Waals surface area contributed by atoms with Crippen molar-refractivity contribution in [2.45, 2.75) is 31.4 Å². The van der Waals surface area contributed by atoms with E-state index in [0.717, 1.165) is 42.1 Å². The third-order valence-corrected chi connectivity index (χ3v) is 5.05. The van der Waals surface area contributed by atoms with Gasteiger partial charge in [0.15, 0.2) is 0 Å². The Labute approximate surface area is 146 Å². The molecule has 0 spiro atoms. The largest absolute Gasteiger partial charge is 0.354 e. The van der Waals surface area contributed by atoms with E-state index >= 15 is 0 Å². The number of nitrogens with zero attached hydrogens (tertiary/aromatic N) is 1. The molecule has 1 fully saturated rings. The predicted molar refractivity (Wildman–Crippen MR) is 95.7 cm³/mol. The van der Waals surface area contributed by atoms with Crippen molar-refractivity contribution in [2.75, 3.05) is 25.4 Å². The van der Waals surface area contributed by atoms with Crippen molar-refractivity contribution in [3.05, 3.63) is 34.9 Å². The molecule has 1 N–H and O–H groups in total. The summed E-state index contributed by atoms with van der Waals surface area (Å²) in [5.74, 6) is 1.45. The molecular formula is C17H23ClN2O2S. The topological polar surface area (TPSA) is 49.4 Å². The lowest BCUT2D eigenvalue weighted by atomic mass is 10.2. The number of carbonyl (C=O) groups excluding carboxylic acids is 2. The highest BCUT2D eigenvalue weighted by molar-refractivity contribution is 7.99. The van der Waals surface area contributed by atoms with Gasteiger partial charge in [-0.3, -0.25) is 9.59 Å². The molecule has 0 aliphatic carbocycles. The standard InChI is InChI=1S/C17H23ClN2O2S/c18-15-7-5-14(6-8-15)12-23-13-16(21)19-9-11-20-10-3-1-2-4-17(20)22/h5-8H,1-4,9-13H2,(H,19,21). The smallest absolute Gasteiger partial charge is 0.230 e. The van der Waals surface area contributed by atoms with Gasteiger partial charge in [-0.2, -0.15) is 0 Å². The van der Waals surface area contributed by atoms with Crippen molar-refractivity contribution in [1.29, 1.82) is 0 Å². The Morgan fingerprint density at radius 1 is 1.22 bits per heavy atom. The van der Waals surface area contributed by atoms with Crippen LogP contribution in [-0.2, 0) is 15.3 Å². The molecule has 0 atom stereocenters. The molecule has 2 rings (SSSR count). The zero-order chi connectivity index (χ0) is 16.5. The van der Waals surface area contributed by atoms with Gasteiger partial charge in [-0.1, -0.05) is 30.2 Å². The predicted octanol–water partition coefficient (Wildman–Crippen LogP) is 3.09. The second kappa shape index (κ2) is 9.83. The minimum Gasteiger partial charge on any atom is -0.354 e. The zero-order valence-electron chi connectivity index (χ0n) is 13.2. The lowest BCUT2D eigenvalue weighted by Crippen LogP contribution is -2.38. The number of halogens is 1. The molecule has 0 bridgehead atoms. The molecule has 23 heavy (non-hydrogen) atoms. The first kappa shape index (κ1) is 18.1. The summed E-state index contributed by atoms with van der Waals surface area (Å²) in [7, 11) is 0. The van der Waals surface area contributed by atoms with Crippen molar-refractivity contribution in [1.82, 2.24) is 10.2 Å². The van der Waals surface area contributed by atoms with Gasteiger partial charge in [0.1, 0.15) is 0 Å². The van der Waals surface area contributed by atoms with Crippen molar-refractivity contribution < 1.29 is 9.59 Å². The van der Waals surface area contributed by atoms with E-state index in [1.807, 2.05) is 29.2 Å². The van der Waals surface area contributed by atoms with Crippen molar-refractivity contribution in [3.8, 4) is 0 Å². The van der Waals surface area contributed by atoms with Crippen LogP contribution < -0.4 is 5.32 Å². The third kappa shape index (κ3) is 6.83. The molecule has 6 heteroatoms. The second-order valence-corrected chi connectivity index (χ2v) is 7.08. The van der Waals surface area contributed by atoms with Gasteiger partial charge in [0.25, 0.3) is 0 Å². The molecule has 1 aromatic carbocycles. The molecule has 0 saturated carbocycles. The summed E-state index contributed by atoms with van der Waals surface area (Å²) in [6.45, 7) is 1.97. The SMILES string of the molecule is O=C(CSCc1ccc(Cl)cc1)NCCN1CCCCCC1=O. The molecule has 1 saturated heterocycles. The molecule has 1 aliphatic rings. The number of thioether (sulfide) groups is 1. The van der Waals surface area contributed by atoms with Crippen LogP contribution >= 0.6 is 23.4 Å². The summed E-state index contributed by atoms with van der Waals surface area (Å²) in [5, 5.41) is 3.61. The van der Waals surface area contributed by atoms with Gasteiger partial charge in [0.05, 0.1) is 5.75 Å². The number of carbonyl (C=O) groups is 2. The summed E-state index contributed by atoms with van der Waals surface area (Å²) in [6.07, 6.45) is 3.82. The molecule has 0 radical (unpaired) electrons. The van der Waals surface area contributed by atoms with Crippen LogP contribution in [0.15, 0.2) is 24.3 Å². The van der Waals surface area contributed by atoms with Crippen molar-refractivity contribution in [3.63, 3.8) is 0 Å². The fourth-order valence-electron chi connectivity index (χ4n) is 2.50. The highest BCUT2D eigenvalue weighted by Crippen LogP contribution is 2.15. The van der Waals surface area contributed by atoms with E-state index in [0.29, 0.717) is 25.3 Å². The fourth-order valence-corrected chi connectivity index (χ4v) is 3.44. The molecule has 0 aromatic heterocycles. The summed E-state index contributed by atoms with van der Waals surface area (Å²) in [6, 6.07) is 7.65. The Morgan fingerprint density at radius 2 is 2.00 bits per heavy atom. The van der Waals surface area contributed by atoms with Crippen LogP contribution in [0.4, 0.5) is 0 Å².